The fourth-order valence-electron chi connectivity index (χ4n) is 3.56. The molecule has 4 aromatic rings. The van der Waals surface area contributed by atoms with Crippen LogP contribution in [0.1, 0.15) is 19.8 Å². The number of unbranched alkanes of at least 4 members (excludes halogenated alkanes) is 1. The van der Waals surface area contributed by atoms with E-state index in [1.54, 1.807) is 0 Å². The van der Waals surface area contributed by atoms with Gasteiger partial charge in [-0.3, -0.25) is 0 Å². The van der Waals surface area contributed by atoms with Crippen LogP contribution in [0.25, 0.3) is 28.2 Å². The summed E-state index contributed by atoms with van der Waals surface area (Å²) in [6.45, 7) is 3.26. The molecule has 0 radical (unpaired) electrons. The summed E-state index contributed by atoms with van der Waals surface area (Å²) < 4.78 is 4.74. The Morgan fingerprint density at radius 2 is 1.26 bits per heavy atom. The average molecular weight is 353 g/mol. The first-order valence-electron chi connectivity index (χ1n) is 9.69. The van der Waals surface area contributed by atoms with Crippen molar-refractivity contribution in [3.8, 4) is 28.2 Å². The van der Waals surface area contributed by atoms with Crippen LogP contribution in [0.2, 0.25) is 0 Å². The number of hydrogen-bond acceptors (Lipinski definition) is 0. The van der Waals surface area contributed by atoms with E-state index in [9.17, 15) is 0 Å². The molecule has 2 heteroatoms. The van der Waals surface area contributed by atoms with Crippen molar-refractivity contribution in [3.05, 3.63) is 97.3 Å². The molecule has 0 aliphatic heterocycles. The molecule has 0 saturated heterocycles. The lowest BCUT2D eigenvalue weighted by Gasteiger charge is -2.06. The predicted molar refractivity (Wildman–Crippen MR) is 112 cm³/mol. The standard InChI is InChI=1S/C25H25N2/c1-2-3-19-26-20-27(23-17-11-6-12-18-23)25(22-15-9-5-10-16-22)24(26)21-13-7-4-8-14-21/h4-18,20H,2-3,19H2,1H3/q+1. The molecule has 0 atom stereocenters. The van der Waals surface area contributed by atoms with Gasteiger partial charge in [0, 0.05) is 11.1 Å². The fraction of sp³-hybridized carbons (Fsp3) is 0.160. The number of para-hydroxylation sites is 1. The molecule has 0 saturated carbocycles. The highest BCUT2D eigenvalue weighted by Crippen LogP contribution is 2.32. The second-order valence-electron chi connectivity index (χ2n) is 6.80. The van der Waals surface area contributed by atoms with Crippen LogP contribution in [0.15, 0.2) is 97.3 Å². The van der Waals surface area contributed by atoms with Gasteiger partial charge in [0.15, 0.2) is 11.4 Å². The van der Waals surface area contributed by atoms with Gasteiger partial charge in [0.05, 0.1) is 6.54 Å². The molecule has 3 aromatic carbocycles. The Bertz CT molecular complexity index is 987. The number of imidazole rings is 1. The highest BCUT2D eigenvalue weighted by atomic mass is 15.1. The highest BCUT2D eigenvalue weighted by Gasteiger charge is 2.26. The minimum atomic E-state index is 1.01. The van der Waals surface area contributed by atoms with E-state index in [4.69, 9.17) is 0 Å². The summed E-state index contributed by atoms with van der Waals surface area (Å²) in [4.78, 5) is 0. The Hall–Kier alpha value is -3.13. The maximum absolute atomic E-state index is 2.41. The van der Waals surface area contributed by atoms with E-state index in [-0.39, 0.29) is 0 Å². The van der Waals surface area contributed by atoms with Gasteiger partial charge >= 0.3 is 0 Å². The first-order chi connectivity index (χ1) is 13.4. The molecule has 0 unspecified atom stereocenters. The number of aryl methyl sites for hydroxylation is 1. The summed E-state index contributed by atoms with van der Waals surface area (Å²) in [5, 5.41) is 0. The van der Waals surface area contributed by atoms with Crippen molar-refractivity contribution in [1.82, 2.24) is 4.57 Å². The van der Waals surface area contributed by atoms with Crippen molar-refractivity contribution >= 4 is 0 Å². The third kappa shape index (κ3) is 3.56. The van der Waals surface area contributed by atoms with Crippen LogP contribution in [0.4, 0.5) is 0 Å². The number of nitrogens with zero attached hydrogens (tertiary/aromatic N) is 2. The van der Waals surface area contributed by atoms with Gasteiger partial charge in [0.2, 0.25) is 6.33 Å². The molecule has 0 aliphatic rings. The van der Waals surface area contributed by atoms with Crippen LogP contribution in [-0.4, -0.2) is 4.57 Å². The van der Waals surface area contributed by atoms with E-state index in [2.05, 4.69) is 113 Å². The van der Waals surface area contributed by atoms with Gasteiger partial charge in [0.1, 0.15) is 5.69 Å². The van der Waals surface area contributed by atoms with Crippen LogP contribution < -0.4 is 4.57 Å². The van der Waals surface area contributed by atoms with Crippen molar-refractivity contribution in [1.29, 1.82) is 0 Å². The topological polar surface area (TPSA) is 8.81 Å². The van der Waals surface area contributed by atoms with E-state index in [1.807, 2.05) is 0 Å². The summed E-state index contributed by atoms with van der Waals surface area (Å²) in [5.74, 6) is 0. The minimum Gasteiger partial charge on any atom is -0.229 e. The largest absolute Gasteiger partial charge is 0.250 e. The second kappa shape index (κ2) is 8.05. The zero-order chi connectivity index (χ0) is 18.5. The van der Waals surface area contributed by atoms with E-state index >= 15 is 0 Å². The molecular formula is C25H25N2+. The molecule has 27 heavy (non-hydrogen) atoms. The number of aromatic nitrogens is 2. The summed E-state index contributed by atoms with van der Waals surface area (Å²) in [5.41, 5.74) is 6.18. The molecular weight excluding hydrogens is 328 g/mol. The Balaban J connectivity index is 2.01. The van der Waals surface area contributed by atoms with Crippen molar-refractivity contribution in [3.63, 3.8) is 0 Å². The Kier molecular flexibility index (Phi) is 5.15. The van der Waals surface area contributed by atoms with Gasteiger partial charge in [-0.15, -0.1) is 0 Å². The van der Waals surface area contributed by atoms with Crippen LogP contribution in [0.5, 0.6) is 0 Å². The molecule has 134 valence electrons. The molecule has 0 aliphatic carbocycles. The van der Waals surface area contributed by atoms with Crippen molar-refractivity contribution in [2.45, 2.75) is 26.3 Å². The van der Waals surface area contributed by atoms with Gasteiger partial charge < -0.3 is 0 Å². The number of benzene rings is 3. The number of hydrogen-bond donors (Lipinski definition) is 0. The van der Waals surface area contributed by atoms with Gasteiger partial charge in [-0.1, -0.05) is 92.2 Å². The maximum Gasteiger partial charge on any atom is 0.250 e. The van der Waals surface area contributed by atoms with Crippen LogP contribution in [-0.2, 0) is 6.54 Å². The third-order valence-electron chi connectivity index (χ3n) is 4.89. The summed E-state index contributed by atoms with van der Waals surface area (Å²) in [7, 11) is 0. The molecule has 0 bridgehead atoms. The molecule has 1 heterocycles. The van der Waals surface area contributed by atoms with Crippen LogP contribution in [0, 0.1) is 0 Å². The Morgan fingerprint density at radius 1 is 0.704 bits per heavy atom. The summed E-state index contributed by atoms with van der Waals surface area (Å²) in [6, 6.07) is 32.0. The third-order valence-corrected chi connectivity index (χ3v) is 4.89. The molecule has 0 fully saturated rings. The molecule has 0 amide bonds. The average Bonchev–Trinajstić information content (AvgIpc) is 3.13. The van der Waals surface area contributed by atoms with E-state index in [0.29, 0.717) is 0 Å². The Morgan fingerprint density at radius 3 is 1.85 bits per heavy atom. The lowest BCUT2D eigenvalue weighted by atomic mass is 10.0. The first kappa shape index (κ1) is 17.3. The van der Waals surface area contributed by atoms with Gasteiger partial charge in [-0.05, 0) is 18.6 Å². The normalized spacial score (nSPS) is 10.9. The smallest absolute Gasteiger partial charge is 0.229 e. The van der Waals surface area contributed by atoms with E-state index in [1.165, 1.54) is 34.6 Å². The Labute approximate surface area is 161 Å². The molecule has 0 spiro atoms. The monoisotopic (exact) mass is 353 g/mol. The first-order valence-corrected chi connectivity index (χ1v) is 9.69. The second-order valence-corrected chi connectivity index (χ2v) is 6.80. The molecule has 4 rings (SSSR count). The zero-order valence-corrected chi connectivity index (χ0v) is 15.8. The lowest BCUT2D eigenvalue weighted by molar-refractivity contribution is -0.686. The molecule has 0 N–H and O–H groups in total. The predicted octanol–water partition coefficient (Wildman–Crippen LogP) is 5.90. The van der Waals surface area contributed by atoms with Crippen molar-refractivity contribution in [2.24, 2.45) is 0 Å². The summed E-state index contributed by atoms with van der Waals surface area (Å²) in [6.07, 6.45) is 4.60. The van der Waals surface area contributed by atoms with E-state index < -0.39 is 0 Å². The summed E-state index contributed by atoms with van der Waals surface area (Å²) >= 11 is 0. The van der Waals surface area contributed by atoms with Gasteiger partial charge in [-0.2, -0.15) is 4.57 Å². The van der Waals surface area contributed by atoms with Crippen LogP contribution in [0.3, 0.4) is 0 Å². The number of rotatable bonds is 6. The fourth-order valence-corrected chi connectivity index (χ4v) is 3.56. The zero-order valence-electron chi connectivity index (χ0n) is 15.8. The van der Waals surface area contributed by atoms with Crippen LogP contribution >= 0.6 is 0 Å². The molecule has 1 aromatic heterocycles. The van der Waals surface area contributed by atoms with Crippen molar-refractivity contribution < 1.29 is 4.57 Å². The quantitative estimate of drug-likeness (QED) is 0.382. The minimum absolute atomic E-state index is 1.01. The van der Waals surface area contributed by atoms with E-state index in [0.717, 1.165) is 13.0 Å². The SMILES string of the molecule is CCCC[n+]1cn(-c2ccccc2)c(-c2ccccc2)c1-c1ccccc1. The lowest BCUT2D eigenvalue weighted by Crippen LogP contribution is -2.34. The van der Waals surface area contributed by atoms with Crippen molar-refractivity contribution in [2.75, 3.05) is 0 Å². The molecule has 2 nitrogen and oxygen atoms in total. The van der Waals surface area contributed by atoms with Gasteiger partial charge in [-0.25, -0.2) is 4.57 Å². The maximum atomic E-state index is 2.41. The van der Waals surface area contributed by atoms with Gasteiger partial charge in [0.25, 0.3) is 0 Å². The highest BCUT2D eigenvalue weighted by molar-refractivity contribution is 5.77.